The summed E-state index contributed by atoms with van der Waals surface area (Å²) >= 11 is 0.929. The van der Waals surface area contributed by atoms with Crippen LogP contribution in [0.5, 0.6) is 0 Å². The summed E-state index contributed by atoms with van der Waals surface area (Å²) in [5.74, 6) is -3.31. The van der Waals surface area contributed by atoms with Crippen molar-refractivity contribution in [2.24, 2.45) is 0 Å². The number of thiophene rings is 1. The van der Waals surface area contributed by atoms with Crippen LogP contribution in [0.2, 0.25) is 0 Å². The molecule has 6 nitrogen and oxygen atoms in total. The third-order valence-corrected chi connectivity index (χ3v) is 8.05. The van der Waals surface area contributed by atoms with Crippen LogP contribution >= 0.6 is 11.3 Å². The second kappa shape index (κ2) is 8.93. The van der Waals surface area contributed by atoms with E-state index in [9.17, 15) is 26.4 Å². The van der Waals surface area contributed by atoms with Crippen molar-refractivity contribution in [2.45, 2.75) is 4.90 Å². The molecule has 1 aliphatic heterocycles. The molecule has 1 aromatic heterocycles. The summed E-state index contributed by atoms with van der Waals surface area (Å²) in [6, 6.07) is 10.5. The van der Waals surface area contributed by atoms with Gasteiger partial charge in [-0.15, -0.1) is 11.3 Å². The number of nitrogens with one attached hydrogen (secondary N) is 1. The summed E-state index contributed by atoms with van der Waals surface area (Å²) in [5, 5.41) is 3.87. The number of para-hydroxylation sites is 1. The maximum Gasteiger partial charge on any atom is 0.267 e. The predicted molar refractivity (Wildman–Crippen MR) is 116 cm³/mol. The van der Waals surface area contributed by atoms with Crippen molar-refractivity contribution in [3.63, 3.8) is 0 Å². The Morgan fingerprint density at radius 2 is 1.62 bits per heavy atom. The first-order valence-corrected chi connectivity index (χ1v) is 11.9. The fourth-order valence-electron chi connectivity index (χ4n) is 3.44. The van der Waals surface area contributed by atoms with E-state index in [1.807, 2.05) is 0 Å². The monoisotopic (exact) mass is 481 g/mol. The van der Waals surface area contributed by atoms with E-state index in [2.05, 4.69) is 5.32 Å². The van der Waals surface area contributed by atoms with Crippen LogP contribution in [-0.4, -0.2) is 44.8 Å². The number of nitrogens with zero attached hydrogens (tertiary/aromatic N) is 2. The second-order valence-electron chi connectivity index (χ2n) is 7.04. The van der Waals surface area contributed by atoms with Crippen LogP contribution in [0.1, 0.15) is 9.67 Å². The number of sulfonamides is 1. The lowest BCUT2D eigenvalue weighted by Crippen LogP contribution is -2.49. The first-order valence-electron chi connectivity index (χ1n) is 9.61. The zero-order valence-electron chi connectivity index (χ0n) is 16.6. The van der Waals surface area contributed by atoms with Gasteiger partial charge in [0.25, 0.3) is 5.91 Å². The molecule has 1 fully saturated rings. The average Bonchev–Trinajstić information content (AvgIpc) is 3.28. The molecule has 0 unspecified atom stereocenters. The second-order valence-corrected chi connectivity index (χ2v) is 9.86. The Morgan fingerprint density at radius 1 is 0.906 bits per heavy atom. The van der Waals surface area contributed by atoms with Gasteiger partial charge in [-0.3, -0.25) is 4.79 Å². The number of anilines is 2. The van der Waals surface area contributed by atoms with Gasteiger partial charge in [0.2, 0.25) is 10.0 Å². The van der Waals surface area contributed by atoms with E-state index in [0.717, 1.165) is 23.5 Å². The zero-order valence-corrected chi connectivity index (χ0v) is 18.2. The molecule has 0 aliphatic carbocycles. The van der Waals surface area contributed by atoms with Gasteiger partial charge in [-0.25, -0.2) is 21.6 Å². The van der Waals surface area contributed by atoms with Gasteiger partial charge in [-0.2, -0.15) is 4.31 Å². The molecule has 3 aromatic rings. The largest absolute Gasteiger partial charge is 0.367 e. The molecule has 0 atom stereocenters. The maximum absolute atomic E-state index is 14.0. The SMILES string of the molecule is O=C(Nc1ccc(F)c(F)c1)c1sccc1S(=O)(=O)N1CCN(c2ccccc2F)CC1. The molecule has 11 heteroatoms. The van der Waals surface area contributed by atoms with Gasteiger partial charge in [0.1, 0.15) is 15.6 Å². The Hall–Kier alpha value is -2.89. The quantitative estimate of drug-likeness (QED) is 0.600. The van der Waals surface area contributed by atoms with Crippen LogP contribution < -0.4 is 10.2 Å². The van der Waals surface area contributed by atoms with Crippen molar-refractivity contribution in [3.05, 3.63) is 76.2 Å². The highest BCUT2D eigenvalue weighted by Crippen LogP contribution is 2.28. The van der Waals surface area contributed by atoms with Gasteiger partial charge in [-0.05, 0) is 35.7 Å². The van der Waals surface area contributed by atoms with E-state index < -0.39 is 27.6 Å². The first-order chi connectivity index (χ1) is 15.3. The van der Waals surface area contributed by atoms with Gasteiger partial charge in [-0.1, -0.05) is 12.1 Å². The Bertz CT molecular complexity index is 1260. The fraction of sp³-hybridized carbons (Fsp3) is 0.190. The Kier molecular flexibility index (Phi) is 6.22. The van der Waals surface area contributed by atoms with Gasteiger partial charge in [0, 0.05) is 37.9 Å². The number of piperazine rings is 1. The van der Waals surface area contributed by atoms with E-state index in [1.54, 1.807) is 23.1 Å². The summed E-state index contributed by atoms with van der Waals surface area (Å²) in [4.78, 5) is 14.2. The maximum atomic E-state index is 14.0. The average molecular weight is 482 g/mol. The van der Waals surface area contributed by atoms with Gasteiger partial charge in [0.15, 0.2) is 11.6 Å². The molecule has 32 heavy (non-hydrogen) atoms. The predicted octanol–water partition coefficient (Wildman–Crippen LogP) is 3.93. The number of carbonyl (C=O) groups excluding carboxylic acids is 1. The fourth-order valence-corrected chi connectivity index (χ4v) is 6.16. The highest BCUT2D eigenvalue weighted by Gasteiger charge is 2.33. The standard InChI is InChI=1S/C21H18F3N3O3S2/c22-15-6-5-14(13-17(15)24)25-21(28)20-19(7-12-31-20)32(29,30)27-10-8-26(9-11-27)18-4-2-1-3-16(18)23/h1-7,12-13H,8-11H2,(H,25,28). The Morgan fingerprint density at radius 3 is 2.31 bits per heavy atom. The van der Waals surface area contributed by atoms with Crippen molar-refractivity contribution >= 4 is 38.6 Å². The highest BCUT2D eigenvalue weighted by molar-refractivity contribution is 7.89. The van der Waals surface area contributed by atoms with Gasteiger partial charge >= 0.3 is 0 Å². The van der Waals surface area contributed by atoms with Gasteiger partial charge in [0.05, 0.1) is 5.69 Å². The Balaban J connectivity index is 1.49. The van der Waals surface area contributed by atoms with Crippen molar-refractivity contribution in [3.8, 4) is 0 Å². The molecule has 4 rings (SSSR count). The van der Waals surface area contributed by atoms with Crippen LogP contribution in [0, 0.1) is 17.5 Å². The number of benzene rings is 2. The van der Waals surface area contributed by atoms with E-state index in [-0.39, 0.29) is 34.4 Å². The van der Waals surface area contributed by atoms with Crippen LogP contribution in [0.15, 0.2) is 58.8 Å². The first kappa shape index (κ1) is 22.3. The molecular formula is C21H18F3N3O3S2. The molecule has 168 valence electrons. The molecule has 2 heterocycles. The topological polar surface area (TPSA) is 69.7 Å². The van der Waals surface area contributed by atoms with Crippen molar-refractivity contribution in [1.29, 1.82) is 0 Å². The van der Waals surface area contributed by atoms with Crippen molar-refractivity contribution < 1.29 is 26.4 Å². The lowest BCUT2D eigenvalue weighted by molar-refractivity contribution is 0.102. The van der Waals surface area contributed by atoms with Crippen LogP contribution in [0.4, 0.5) is 24.5 Å². The Labute approximate surface area is 186 Å². The molecule has 2 aromatic carbocycles. The number of carbonyl (C=O) groups is 1. The minimum atomic E-state index is -3.99. The summed E-state index contributed by atoms with van der Waals surface area (Å²) in [6.45, 7) is 0.828. The third kappa shape index (κ3) is 4.36. The van der Waals surface area contributed by atoms with Crippen LogP contribution in [0.25, 0.3) is 0 Å². The number of halogens is 3. The van der Waals surface area contributed by atoms with E-state index in [0.29, 0.717) is 18.8 Å². The number of rotatable bonds is 5. The molecule has 1 N–H and O–H groups in total. The minimum Gasteiger partial charge on any atom is -0.367 e. The summed E-state index contributed by atoms with van der Waals surface area (Å²) in [5.41, 5.74) is 0.413. The third-order valence-electron chi connectivity index (χ3n) is 5.06. The van der Waals surface area contributed by atoms with Crippen molar-refractivity contribution in [2.75, 3.05) is 36.4 Å². The number of amides is 1. The zero-order chi connectivity index (χ0) is 22.9. The molecule has 0 bridgehead atoms. The summed E-state index contributed by atoms with van der Waals surface area (Å²) in [7, 11) is -3.99. The van der Waals surface area contributed by atoms with Crippen molar-refractivity contribution in [1.82, 2.24) is 4.31 Å². The molecule has 1 aliphatic rings. The lowest BCUT2D eigenvalue weighted by Gasteiger charge is -2.35. The molecule has 0 radical (unpaired) electrons. The molecule has 1 saturated heterocycles. The van der Waals surface area contributed by atoms with Gasteiger partial charge < -0.3 is 10.2 Å². The smallest absolute Gasteiger partial charge is 0.267 e. The molecular weight excluding hydrogens is 463 g/mol. The summed E-state index contributed by atoms with van der Waals surface area (Å²) < 4.78 is 68.2. The highest BCUT2D eigenvalue weighted by atomic mass is 32.2. The molecule has 1 amide bonds. The van der Waals surface area contributed by atoms with Crippen LogP contribution in [-0.2, 0) is 10.0 Å². The van der Waals surface area contributed by atoms with Crippen LogP contribution in [0.3, 0.4) is 0 Å². The van der Waals surface area contributed by atoms with E-state index in [4.69, 9.17) is 0 Å². The number of hydrogen-bond acceptors (Lipinski definition) is 5. The molecule has 0 spiro atoms. The van der Waals surface area contributed by atoms with E-state index >= 15 is 0 Å². The normalized spacial score (nSPS) is 15.0. The minimum absolute atomic E-state index is 0.00384. The summed E-state index contributed by atoms with van der Waals surface area (Å²) in [6.07, 6.45) is 0. The number of hydrogen-bond donors (Lipinski definition) is 1. The molecule has 0 saturated carbocycles. The lowest BCUT2D eigenvalue weighted by atomic mass is 10.2. The van der Waals surface area contributed by atoms with E-state index in [1.165, 1.54) is 27.9 Å².